The fourth-order valence-corrected chi connectivity index (χ4v) is 3.09. The minimum Gasteiger partial charge on any atom is -0.456 e. The molecule has 1 aromatic heterocycles. The number of carbonyl (C=O) groups is 1. The summed E-state index contributed by atoms with van der Waals surface area (Å²) < 4.78 is 13.1. The number of carbonyl (C=O) groups excluding carboxylic acids is 1. The molecule has 0 saturated carbocycles. The van der Waals surface area contributed by atoms with Gasteiger partial charge in [-0.15, -0.1) is 0 Å². The van der Waals surface area contributed by atoms with Gasteiger partial charge >= 0.3 is 5.97 Å². The molecule has 7 heteroatoms. The van der Waals surface area contributed by atoms with Crippen LogP contribution in [0.25, 0.3) is 0 Å². The lowest BCUT2D eigenvalue weighted by atomic mass is 10.1. The van der Waals surface area contributed by atoms with Gasteiger partial charge in [-0.3, -0.25) is 0 Å². The SMILES string of the molecule is C/C(=N/OCc1ccc(C(=O)OC(C)(C)C)cc1)c1c(C)nn(C)c1Oc1ccccc1. The van der Waals surface area contributed by atoms with Crippen LogP contribution in [0.1, 0.15) is 54.9 Å². The van der Waals surface area contributed by atoms with Gasteiger partial charge < -0.3 is 14.3 Å². The number of benzene rings is 2. The number of ether oxygens (including phenoxy) is 2. The monoisotopic (exact) mass is 435 g/mol. The summed E-state index contributed by atoms with van der Waals surface area (Å²) in [5.41, 5.74) is 3.10. The quantitative estimate of drug-likeness (QED) is 0.281. The van der Waals surface area contributed by atoms with E-state index in [1.807, 2.05) is 84.1 Å². The largest absolute Gasteiger partial charge is 0.456 e. The molecular formula is C25H29N3O4. The molecule has 0 aliphatic carbocycles. The number of hydrogen-bond donors (Lipinski definition) is 0. The van der Waals surface area contributed by atoms with Crippen molar-refractivity contribution >= 4 is 11.7 Å². The van der Waals surface area contributed by atoms with E-state index < -0.39 is 5.60 Å². The number of nitrogens with zero attached hydrogens (tertiary/aromatic N) is 3. The molecule has 0 bridgehead atoms. The van der Waals surface area contributed by atoms with Crippen LogP contribution in [0.15, 0.2) is 59.8 Å². The number of esters is 1. The van der Waals surface area contributed by atoms with Gasteiger partial charge in [-0.25, -0.2) is 9.48 Å². The van der Waals surface area contributed by atoms with Crippen LogP contribution in [0.3, 0.4) is 0 Å². The topological polar surface area (TPSA) is 74.9 Å². The van der Waals surface area contributed by atoms with Crippen molar-refractivity contribution in [3.8, 4) is 11.6 Å². The molecule has 2 aromatic carbocycles. The summed E-state index contributed by atoms with van der Waals surface area (Å²) in [6.45, 7) is 9.55. The predicted octanol–water partition coefficient (Wildman–Crippen LogP) is 5.42. The molecule has 0 spiro atoms. The first-order valence-corrected chi connectivity index (χ1v) is 10.4. The molecule has 1 heterocycles. The second kappa shape index (κ2) is 9.68. The van der Waals surface area contributed by atoms with Crippen LogP contribution in [0.5, 0.6) is 11.6 Å². The third-order valence-corrected chi connectivity index (χ3v) is 4.51. The Hall–Kier alpha value is -3.61. The molecule has 3 aromatic rings. The number of aryl methyl sites for hydroxylation is 2. The van der Waals surface area contributed by atoms with Crippen molar-refractivity contribution in [2.75, 3.05) is 0 Å². The van der Waals surface area contributed by atoms with Crippen molar-refractivity contribution in [2.45, 2.75) is 46.8 Å². The molecule has 0 aliphatic heterocycles. The van der Waals surface area contributed by atoms with Gasteiger partial charge in [0.1, 0.15) is 18.0 Å². The maximum absolute atomic E-state index is 12.1. The molecule has 32 heavy (non-hydrogen) atoms. The Kier molecular flexibility index (Phi) is 6.98. The summed E-state index contributed by atoms with van der Waals surface area (Å²) in [6, 6.07) is 16.6. The van der Waals surface area contributed by atoms with Gasteiger partial charge in [0, 0.05) is 7.05 Å². The highest BCUT2D eigenvalue weighted by atomic mass is 16.6. The van der Waals surface area contributed by atoms with Crippen molar-refractivity contribution in [3.05, 3.63) is 77.0 Å². The van der Waals surface area contributed by atoms with E-state index in [2.05, 4.69) is 10.3 Å². The highest BCUT2D eigenvalue weighted by Crippen LogP contribution is 2.28. The minimum atomic E-state index is -0.529. The van der Waals surface area contributed by atoms with Gasteiger partial charge in [-0.05, 0) is 64.4 Å². The first-order valence-electron chi connectivity index (χ1n) is 10.4. The zero-order chi connectivity index (χ0) is 23.3. The van der Waals surface area contributed by atoms with Crippen LogP contribution < -0.4 is 4.74 Å². The van der Waals surface area contributed by atoms with E-state index in [0.717, 1.165) is 22.6 Å². The smallest absolute Gasteiger partial charge is 0.338 e. The second-order valence-corrected chi connectivity index (χ2v) is 8.45. The molecular weight excluding hydrogens is 406 g/mol. The standard InChI is InChI=1S/C25H29N3O4/c1-17-22(23(28(6)26-17)31-21-10-8-7-9-11-21)18(2)27-30-16-19-12-14-20(15-13-19)24(29)32-25(3,4)5/h7-15H,16H2,1-6H3/b27-18-. The molecule has 7 nitrogen and oxygen atoms in total. The first-order chi connectivity index (χ1) is 15.1. The van der Waals surface area contributed by atoms with Crippen molar-refractivity contribution in [1.29, 1.82) is 0 Å². The molecule has 168 valence electrons. The third-order valence-electron chi connectivity index (χ3n) is 4.51. The van der Waals surface area contributed by atoms with Crippen molar-refractivity contribution in [3.63, 3.8) is 0 Å². The summed E-state index contributed by atoms with van der Waals surface area (Å²) in [4.78, 5) is 17.7. The fraction of sp³-hybridized carbons (Fsp3) is 0.320. The molecule has 0 N–H and O–H groups in total. The molecule has 0 amide bonds. The van der Waals surface area contributed by atoms with E-state index in [0.29, 0.717) is 17.2 Å². The van der Waals surface area contributed by atoms with Crippen molar-refractivity contribution < 1.29 is 19.1 Å². The molecule has 0 aliphatic rings. The highest BCUT2D eigenvalue weighted by Gasteiger charge is 2.19. The van der Waals surface area contributed by atoms with Crippen molar-refractivity contribution in [1.82, 2.24) is 9.78 Å². The number of aromatic nitrogens is 2. The average molecular weight is 436 g/mol. The van der Waals surface area contributed by atoms with Gasteiger partial charge in [0.25, 0.3) is 0 Å². The normalized spacial score (nSPS) is 11.9. The minimum absolute atomic E-state index is 0.264. The second-order valence-electron chi connectivity index (χ2n) is 8.45. The Labute approximate surface area is 188 Å². The van der Waals surface area contributed by atoms with E-state index in [1.54, 1.807) is 16.8 Å². The van der Waals surface area contributed by atoms with Crippen LogP contribution in [0, 0.1) is 6.92 Å². The average Bonchev–Trinajstić information content (AvgIpc) is 3.01. The summed E-state index contributed by atoms with van der Waals surface area (Å²) in [5.74, 6) is 0.965. The predicted molar refractivity (Wildman–Crippen MR) is 123 cm³/mol. The fourth-order valence-electron chi connectivity index (χ4n) is 3.09. The number of hydrogen-bond acceptors (Lipinski definition) is 6. The van der Waals surface area contributed by atoms with Crippen LogP contribution in [-0.2, 0) is 23.2 Å². The Balaban J connectivity index is 1.67. The van der Waals surface area contributed by atoms with E-state index in [1.165, 1.54) is 0 Å². The highest BCUT2D eigenvalue weighted by molar-refractivity contribution is 6.01. The van der Waals surface area contributed by atoms with Crippen LogP contribution >= 0.6 is 0 Å². The number of para-hydroxylation sites is 1. The van der Waals surface area contributed by atoms with Gasteiger partial charge in [0.15, 0.2) is 0 Å². The molecule has 0 unspecified atom stereocenters. The van der Waals surface area contributed by atoms with Crippen molar-refractivity contribution in [2.24, 2.45) is 12.2 Å². The third kappa shape index (κ3) is 5.97. The molecule has 0 saturated heterocycles. The summed E-state index contributed by atoms with van der Waals surface area (Å²) >= 11 is 0. The van der Waals surface area contributed by atoms with Crippen LogP contribution in [0.2, 0.25) is 0 Å². The maximum Gasteiger partial charge on any atom is 0.338 e. The zero-order valence-electron chi connectivity index (χ0n) is 19.4. The lowest BCUT2D eigenvalue weighted by Gasteiger charge is -2.19. The molecule has 0 atom stereocenters. The molecule has 0 fully saturated rings. The van der Waals surface area contributed by atoms with E-state index in [-0.39, 0.29) is 12.6 Å². The first kappa shape index (κ1) is 23.1. The molecule has 0 radical (unpaired) electrons. The van der Waals surface area contributed by atoms with Gasteiger partial charge in [0.2, 0.25) is 5.88 Å². The Morgan fingerprint density at radius 3 is 2.34 bits per heavy atom. The van der Waals surface area contributed by atoms with Gasteiger partial charge in [-0.2, -0.15) is 5.10 Å². The summed E-state index contributed by atoms with van der Waals surface area (Å²) in [7, 11) is 1.83. The molecule has 3 rings (SSSR count). The lowest BCUT2D eigenvalue weighted by Crippen LogP contribution is -2.23. The Morgan fingerprint density at radius 2 is 1.72 bits per heavy atom. The summed E-state index contributed by atoms with van der Waals surface area (Å²) in [5, 5.41) is 8.72. The Morgan fingerprint density at radius 1 is 1.06 bits per heavy atom. The maximum atomic E-state index is 12.1. The van der Waals surface area contributed by atoms with Gasteiger partial charge in [-0.1, -0.05) is 35.5 Å². The lowest BCUT2D eigenvalue weighted by molar-refractivity contribution is 0.00694. The number of oxime groups is 1. The van der Waals surface area contributed by atoms with E-state index >= 15 is 0 Å². The summed E-state index contributed by atoms with van der Waals surface area (Å²) in [6.07, 6.45) is 0. The number of rotatable bonds is 7. The van der Waals surface area contributed by atoms with Crippen LogP contribution in [0.4, 0.5) is 0 Å². The zero-order valence-corrected chi connectivity index (χ0v) is 19.4. The van der Waals surface area contributed by atoms with Gasteiger partial charge in [0.05, 0.1) is 22.5 Å². The Bertz CT molecular complexity index is 1090. The van der Waals surface area contributed by atoms with E-state index in [9.17, 15) is 4.79 Å². The van der Waals surface area contributed by atoms with E-state index in [4.69, 9.17) is 14.3 Å². The van der Waals surface area contributed by atoms with Crippen LogP contribution in [-0.4, -0.2) is 27.1 Å².